The fraction of sp³-hybridized carbons (Fsp3) is 0.304. The second-order valence-electron chi connectivity index (χ2n) is 7.05. The molecule has 0 saturated carbocycles. The maximum atomic E-state index is 12.6. The van der Waals surface area contributed by atoms with Crippen LogP contribution in [0.4, 0.5) is 5.69 Å². The first-order valence-electron chi connectivity index (χ1n) is 9.70. The van der Waals surface area contributed by atoms with Gasteiger partial charge in [0.25, 0.3) is 5.91 Å². The van der Waals surface area contributed by atoms with E-state index in [9.17, 15) is 9.59 Å². The average Bonchev–Trinajstić information content (AvgIpc) is 3.12. The molecule has 5 heteroatoms. The van der Waals surface area contributed by atoms with Crippen LogP contribution in [-0.2, 0) is 11.2 Å². The molecule has 0 radical (unpaired) electrons. The van der Waals surface area contributed by atoms with Crippen molar-refractivity contribution in [2.75, 3.05) is 18.4 Å². The predicted octanol–water partition coefficient (Wildman–Crippen LogP) is 4.45. The topological polar surface area (TPSA) is 65.2 Å². The molecular weight excluding hydrogens is 350 g/mol. The predicted molar refractivity (Wildman–Crippen MR) is 114 cm³/mol. The van der Waals surface area contributed by atoms with E-state index in [1.54, 1.807) is 0 Å². The van der Waals surface area contributed by atoms with Crippen molar-refractivity contribution in [3.8, 4) is 0 Å². The van der Waals surface area contributed by atoms with Gasteiger partial charge in [-0.3, -0.25) is 9.59 Å². The number of aryl methyl sites for hydroxylation is 2. The van der Waals surface area contributed by atoms with Gasteiger partial charge in [-0.25, -0.2) is 0 Å². The molecular formula is C23H27N3O2. The van der Waals surface area contributed by atoms with Crippen LogP contribution in [0.5, 0.6) is 0 Å². The van der Waals surface area contributed by atoms with E-state index in [2.05, 4.69) is 24.1 Å². The summed E-state index contributed by atoms with van der Waals surface area (Å²) in [6.45, 7) is 9.51. The Hall–Kier alpha value is -3.08. The molecule has 0 fully saturated rings. The van der Waals surface area contributed by atoms with Crippen molar-refractivity contribution >= 4 is 28.4 Å². The van der Waals surface area contributed by atoms with Crippen LogP contribution in [0.15, 0.2) is 42.5 Å². The lowest BCUT2D eigenvalue weighted by Gasteiger charge is -2.18. The van der Waals surface area contributed by atoms with Crippen molar-refractivity contribution < 1.29 is 9.59 Å². The number of aromatic amines is 1. The van der Waals surface area contributed by atoms with Crippen LogP contribution < -0.4 is 5.32 Å². The maximum Gasteiger partial charge on any atom is 0.272 e. The Morgan fingerprint density at radius 2 is 1.68 bits per heavy atom. The molecule has 5 nitrogen and oxygen atoms in total. The number of hydrogen-bond donors (Lipinski definition) is 2. The Morgan fingerprint density at radius 1 is 1.00 bits per heavy atom. The monoisotopic (exact) mass is 377 g/mol. The highest BCUT2D eigenvalue weighted by molar-refractivity contribution is 6.06. The smallest absolute Gasteiger partial charge is 0.272 e. The quantitative estimate of drug-likeness (QED) is 0.667. The van der Waals surface area contributed by atoms with Gasteiger partial charge in [-0.15, -0.1) is 0 Å². The van der Waals surface area contributed by atoms with Gasteiger partial charge in [-0.2, -0.15) is 0 Å². The fourth-order valence-electron chi connectivity index (χ4n) is 3.35. The molecule has 0 saturated heterocycles. The standard InChI is InChI=1S/C23H27N3O2/c1-5-26(6-2)22(27)13-17-8-10-18(11-9-17)24-23(28)21-14-19-16(4)15(3)7-12-20(19)25-21/h7-12,14,25H,5-6,13H2,1-4H3,(H,24,28). The number of nitrogens with one attached hydrogen (secondary N) is 2. The summed E-state index contributed by atoms with van der Waals surface area (Å²) < 4.78 is 0. The SMILES string of the molecule is CCN(CC)C(=O)Cc1ccc(NC(=O)c2cc3c(C)c(C)ccc3[nH]2)cc1. The van der Waals surface area contributed by atoms with Crippen LogP contribution in [0.25, 0.3) is 10.9 Å². The number of aromatic nitrogens is 1. The van der Waals surface area contributed by atoms with Gasteiger partial charge < -0.3 is 15.2 Å². The summed E-state index contributed by atoms with van der Waals surface area (Å²) in [5.74, 6) is -0.0641. The number of hydrogen-bond acceptors (Lipinski definition) is 2. The Morgan fingerprint density at radius 3 is 2.32 bits per heavy atom. The number of amides is 2. The van der Waals surface area contributed by atoms with E-state index in [0.29, 0.717) is 30.9 Å². The van der Waals surface area contributed by atoms with Gasteiger partial charge in [0.1, 0.15) is 5.69 Å². The van der Waals surface area contributed by atoms with Gasteiger partial charge in [-0.1, -0.05) is 18.2 Å². The number of anilines is 1. The van der Waals surface area contributed by atoms with Crippen molar-refractivity contribution in [2.24, 2.45) is 0 Å². The number of nitrogens with zero attached hydrogens (tertiary/aromatic N) is 1. The first-order valence-corrected chi connectivity index (χ1v) is 9.70. The fourth-order valence-corrected chi connectivity index (χ4v) is 3.35. The third-order valence-corrected chi connectivity index (χ3v) is 5.27. The lowest BCUT2D eigenvalue weighted by atomic mass is 10.1. The number of H-pyrrole nitrogens is 1. The van der Waals surface area contributed by atoms with Crippen LogP contribution in [0, 0.1) is 13.8 Å². The zero-order valence-electron chi connectivity index (χ0n) is 16.9. The molecule has 28 heavy (non-hydrogen) atoms. The summed E-state index contributed by atoms with van der Waals surface area (Å²) in [6.07, 6.45) is 0.372. The summed E-state index contributed by atoms with van der Waals surface area (Å²) in [5, 5.41) is 3.98. The molecule has 0 aliphatic heterocycles. The number of carbonyl (C=O) groups excluding carboxylic acids is 2. The summed E-state index contributed by atoms with van der Waals surface area (Å²) in [7, 11) is 0. The van der Waals surface area contributed by atoms with E-state index in [-0.39, 0.29) is 11.8 Å². The van der Waals surface area contributed by atoms with Crippen molar-refractivity contribution in [1.82, 2.24) is 9.88 Å². The average molecular weight is 377 g/mol. The molecule has 0 atom stereocenters. The number of carbonyl (C=O) groups is 2. The number of fused-ring (bicyclic) bond motifs is 1. The highest BCUT2D eigenvalue weighted by atomic mass is 16.2. The van der Waals surface area contributed by atoms with Crippen molar-refractivity contribution in [1.29, 1.82) is 0 Å². The third kappa shape index (κ3) is 4.09. The first-order chi connectivity index (χ1) is 13.4. The zero-order valence-corrected chi connectivity index (χ0v) is 16.9. The van der Waals surface area contributed by atoms with E-state index >= 15 is 0 Å². The van der Waals surface area contributed by atoms with Gasteiger partial charge in [-0.05, 0) is 68.7 Å². The minimum atomic E-state index is -0.180. The third-order valence-electron chi connectivity index (χ3n) is 5.27. The van der Waals surface area contributed by atoms with E-state index in [1.807, 2.05) is 61.2 Å². The second-order valence-corrected chi connectivity index (χ2v) is 7.05. The molecule has 2 amide bonds. The van der Waals surface area contributed by atoms with Gasteiger partial charge in [0.05, 0.1) is 6.42 Å². The summed E-state index contributed by atoms with van der Waals surface area (Å²) >= 11 is 0. The van der Waals surface area contributed by atoms with E-state index in [1.165, 1.54) is 11.1 Å². The molecule has 3 aromatic rings. The van der Waals surface area contributed by atoms with Gasteiger partial charge in [0.2, 0.25) is 5.91 Å². The van der Waals surface area contributed by atoms with Crippen LogP contribution in [0.1, 0.15) is 41.0 Å². The lowest BCUT2D eigenvalue weighted by molar-refractivity contribution is -0.130. The molecule has 0 spiro atoms. The molecule has 2 N–H and O–H groups in total. The van der Waals surface area contributed by atoms with Gasteiger partial charge in [0.15, 0.2) is 0 Å². The van der Waals surface area contributed by atoms with E-state index in [0.717, 1.165) is 16.5 Å². The lowest BCUT2D eigenvalue weighted by Crippen LogP contribution is -2.31. The molecule has 2 aromatic carbocycles. The Bertz CT molecular complexity index is 999. The summed E-state index contributed by atoms with van der Waals surface area (Å²) in [6, 6.07) is 13.4. The molecule has 3 rings (SSSR count). The number of likely N-dealkylation sites (N-methyl/N-ethyl adjacent to an activating group) is 1. The van der Waals surface area contributed by atoms with Crippen molar-refractivity contribution in [3.05, 3.63) is 64.8 Å². The molecule has 1 aromatic heterocycles. The number of rotatable bonds is 6. The second kappa shape index (κ2) is 8.30. The Labute approximate surface area is 165 Å². The van der Waals surface area contributed by atoms with Crippen LogP contribution in [0.3, 0.4) is 0 Å². The molecule has 146 valence electrons. The minimum Gasteiger partial charge on any atom is -0.351 e. The van der Waals surface area contributed by atoms with Gasteiger partial charge >= 0.3 is 0 Å². The van der Waals surface area contributed by atoms with Crippen LogP contribution in [0.2, 0.25) is 0 Å². The summed E-state index contributed by atoms with van der Waals surface area (Å²) in [5.41, 5.74) is 5.51. The zero-order chi connectivity index (χ0) is 20.3. The van der Waals surface area contributed by atoms with Crippen molar-refractivity contribution in [3.63, 3.8) is 0 Å². The summed E-state index contributed by atoms with van der Waals surface area (Å²) in [4.78, 5) is 29.8. The molecule has 0 bridgehead atoms. The minimum absolute atomic E-state index is 0.116. The molecule has 0 aliphatic carbocycles. The first kappa shape index (κ1) is 19.7. The normalized spacial score (nSPS) is 10.9. The Kier molecular flexibility index (Phi) is 5.83. The molecule has 1 heterocycles. The van der Waals surface area contributed by atoms with Crippen LogP contribution >= 0.6 is 0 Å². The maximum absolute atomic E-state index is 12.6. The van der Waals surface area contributed by atoms with Gasteiger partial charge in [0, 0.05) is 29.7 Å². The van der Waals surface area contributed by atoms with Crippen LogP contribution in [-0.4, -0.2) is 34.8 Å². The molecule has 0 unspecified atom stereocenters. The highest BCUT2D eigenvalue weighted by Crippen LogP contribution is 2.23. The largest absolute Gasteiger partial charge is 0.351 e. The van der Waals surface area contributed by atoms with Crippen molar-refractivity contribution in [2.45, 2.75) is 34.1 Å². The highest BCUT2D eigenvalue weighted by Gasteiger charge is 2.13. The van der Waals surface area contributed by atoms with E-state index < -0.39 is 0 Å². The molecule has 0 aliphatic rings. The van der Waals surface area contributed by atoms with E-state index in [4.69, 9.17) is 0 Å². The Balaban J connectivity index is 1.69. The number of benzene rings is 2.